The molecule has 0 radical (unpaired) electrons. The zero-order valence-electron chi connectivity index (χ0n) is 18.5. The summed E-state index contributed by atoms with van der Waals surface area (Å²) in [5, 5.41) is 11.4. The number of hydrogen-bond acceptors (Lipinski definition) is 3. The van der Waals surface area contributed by atoms with Gasteiger partial charge < -0.3 is 15.4 Å². The Hall–Kier alpha value is -2.50. The van der Waals surface area contributed by atoms with Crippen LogP contribution in [0.15, 0.2) is 29.3 Å². The van der Waals surface area contributed by atoms with Crippen LogP contribution in [0.3, 0.4) is 0 Å². The average Bonchev–Trinajstić information content (AvgIpc) is 2.89. The van der Waals surface area contributed by atoms with Gasteiger partial charge in [0.2, 0.25) is 0 Å². The second kappa shape index (κ2) is 9.81. The van der Waals surface area contributed by atoms with Crippen molar-refractivity contribution in [2.75, 3.05) is 6.54 Å². The fourth-order valence-electron chi connectivity index (χ4n) is 3.61. The van der Waals surface area contributed by atoms with Crippen molar-refractivity contribution in [2.24, 2.45) is 12.0 Å². The lowest BCUT2D eigenvalue weighted by molar-refractivity contribution is 0.119. The summed E-state index contributed by atoms with van der Waals surface area (Å²) < 4.78 is 8.10. The van der Waals surface area contributed by atoms with Crippen molar-refractivity contribution in [3.63, 3.8) is 0 Å². The number of para-hydroxylation sites is 1. The van der Waals surface area contributed by atoms with Gasteiger partial charge in [0.05, 0.1) is 18.3 Å². The molecule has 0 saturated heterocycles. The van der Waals surface area contributed by atoms with E-state index in [1.165, 1.54) is 17.7 Å². The second-order valence-electron chi connectivity index (χ2n) is 8.00. The Balaban J connectivity index is 1.65. The summed E-state index contributed by atoms with van der Waals surface area (Å²) in [4.78, 5) is 4.82. The van der Waals surface area contributed by atoms with Crippen LogP contribution >= 0.6 is 0 Å². The number of aryl methyl sites for hydroxylation is 2. The minimum absolute atomic E-state index is 0.246. The number of benzene rings is 1. The van der Waals surface area contributed by atoms with E-state index in [2.05, 4.69) is 61.6 Å². The van der Waals surface area contributed by atoms with E-state index in [-0.39, 0.29) is 6.04 Å². The van der Waals surface area contributed by atoms with Crippen molar-refractivity contribution in [1.29, 1.82) is 0 Å². The summed E-state index contributed by atoms with van der Waals surface area (Å²) in [6.45, 7) is 9.89. The fourth-order valence-corrected chi connectivity index (χ4v) is 3.61. The van der Waals surface area contributed by atoms with Gasteiger partial charge in [-0.1, -0.05) is 18.2 Å². The molecule has 6 nitrogen and oxygen atoms in total. The quantitative estimate of drug-likeness (QED) is 0.527. The molecule has 1 aromatic heterocycles. The van der Waals surface area contributed by atoms with Crippen LogP contribution in [0.1, 0.15) is 55.6 Å². The number of aromatic nitrogens is 2. The minimum Gasteiger partial charge on any atom is -0.490 e. The highest BCUT2D eigenvalue weighted by Crippen LogP contribution is 2.27. The SMILES string of the molecule is CCNC(=NCc1ccccc1OC1CCC1)NC(C)Cc1c(C)nn(C)c1C. The number of guanidine groups is 1. The van der Waals surface area contributed by atoms with Gasteiger partial charge in [0.1, 0.15) is 5.75 Å². The molecule has 1 unspecified atom stereocenters. The molecule has 6 heteroatoms. The van der Waals surface area contributed by atoms with E-state index in [0.29, 0.717) is 12.6 Å². The molecule has 1 saturated carbocycles. The summed E-state index contributed by atoms with van der Waals surface area (Å²) in [7, 11) is 2.00. The van der Waals surface area contributed by atoms with Crippen LogP contribution < -0.4 is 15.4 Å². The number of rotatable bonds is 8. The molecule has 1 heterocycles. The van der Waals surface area contributed by atoms with Crippen LogP contribution in [-0.2, 0) is 20.0 Å². The first-order valence-electron chi connectivity index (χ1n) is 10.8. The van der Waals surface area contributed by atoms with Crippen molar-refractivity contribution in [3.05, 3.63) is 46.8 Å². The summed E-state index contributed by atoms with van der Waals surface area (Å²) >= 11 is 0. The Labute approximate surface area is 174 Å². The molecule has 1 aliphatic rings. The van der Waals surface area contributed by atoms with E-state index in [1.54, 1.807) is 0 Å². The van der Waals surface area contributed by atoms with E-state index < -0.39 is 0 Å². The van der Waals surface area contributed by atoms with Gasteiger partial charge in [-0.3, -0.25) is 4.68 Å². The Morgan fingerprint density at radius 2 is 2.07 bits per heavy atom. The number of nitrogens with zero attached hydrogens (tertiary/aromatic N) is 3. The second-order valence-corrected chi connectivity index (χ2v) is 8.00. The van der Waals surface area contributed by atoms with Crippen LogP contribution in [0.4, 0.5) is 0 Å². The zero-order chi connectivity index (χ0) is 20.8. The van der Waals surface area contributed by atoms with Gasteiger partial charge in [-0.2, -0.15) is 5.10 Å². The molecule has 2 N–H and O–H groups in total. The summed E-state index contributed by atoms with van der Waals surface area (Å²) in [5.41, 5.74) is 4.76. The van der Waals surface area contributed by atoms with E-state index >= 15 is 0 Å². The van der Waals surface area contributed by atoms with Crippen LogP contribution in [0.5, 0.6) is 5.75 Å². The maximum atomic E-state index is 6.14. The predicted molar refractivity (Wildman–Crippen MR) is 119 cm³/mol. The average molecular weight is 398 g/mol. The molecule has 0 bridgehead atoms. The molecule has 1 aromatic carbocycles. The number of ether oxygens (including phenoxy) is 1. The lowest BCUT2D eigenvalue weighted by Crippen LogP contribution is -2.43. The Kier molecular flexibility index (Phi) is 7.18. The van der Waals surface area contributed by atoms with Crippen molar-refractivity contribution in [3.8, 4) is 5.75 Å². The Morgan fingerprint density at radius 1 is 1.31 bits per heavy atom. The van der Waals surface area contributed by atoms with Gasteiger partial charge in [0.15, 0.2) is 5.96 Å². The molecule has 1 fully saturated rings. The molecule has 29 heavy (non-hydrogen) atoms. The van der Waals surface area contributed by atoms with Crippen LogP contribution in [0, 0.1) is 13.8 Å². The molecular weight excluding hydrogens is 362 g/mol. The molecule has 1 aliphatic carbocycles. The number of hydrogen-bond donors (Lipinski definition) is 2. The van der Waals surface area contributed by atoms with E-state index in [0.717, 1.165) is 48.8 Å². The van der Waals surface area contributed by atoms with Crippen LogP contribution in [0.2, 0.25) is 0 Å². The lowest BCUT2D eigenvalue weighted by Gasteiger charge is -2.27. The third kappa shape index (κ3) is 5.52. The fraction of sp³-hybridized carbons (Fsp3) is 0.565. The molecule has 0 amide bonds. The maximum absolute atomic E-state index is 6.14. The van der Waals surface area contributed by atoms with Gasteiger partial charge >= 0.3 is 0 Å². The molecule has 1 atom stereocenters. The van der Waals surface area contributed by atoms with Crippen molar-refractivity contribution in [2.45, 2.75) is 72.1 Å². The number of aliphatic imine (C=N–C) groups is 1. The standard InChI is InChI=1S/C23H35N5O/c1-6-24-23(26-16(2)14-21-17(3)27-28(5)18(21)4)25-15-19-10-7-8-13-22(19)29-20-11-9-12-20/h7-8,10,13,16,20H,6,9,11-12,14-15H2,1-5H3,(H2,24,25,26). The molecule has 158 valence electrons. The Bertz CT molecular complexity index is 838. The van der Waals surface area contributed by atoms with Gasteiger partial charge in [-0.25, -0.2) is 4.99 Å². The molecule has 0 aliphatic heterocycles. The van der Waals surface area contributed by atoms with Gasteiger partial charge in [-0.15, -0.1) is 0 Å². The third-order valence-electron chi connectivity index (χ3n) is 5.62. The highest BCUT2D eigenvalue weighted by atomic mass is 16.5. The predicted octanol–water partition coefficient (Wildman–Crippen LogP) is 3.65. The first-order valence-corrected chi connectivity index (χ1v) is 10.8. The highest BCUT2D eigenvalue weighted by Gasteiger charge is 2.20. The lowest BCUT2D eigenvalue weighted by atomic mass is 9.96. The summed E-state index contributed by atoms with van der Waals surface area (Å²) in [6, 6.07) is 8.49. The van der Waals surface area contributed by atoms with Crippen LogP contribution in [-0.4, -0.2) is 34.4 Å². The smallest absolute Gasteiger partial charge is 0.191 e. The molecule has 3 rings (SSSR count). The van der Waals surface area contributed by atoms with Crippen LogP contribution in [0.25, 0.3) is 0 Å². The molecular formula is C23H35N5O. The maximum Gasteiger partial charge on any atom is 0.191 e. The first-order chi connectivity index (χ1) is 14.0. The van der Waals surface area contributed by atoms with Crippen molar-refractivity contribution in [1.82, 2.24) is 20.4 Å². The van der Waals surface area contributed by atoms with Gasteiger partial charge in [-0.05, 0) is 65.0 Å². The Morgan fingerprint density at radius 3 is 2.69 bits per heavy atom. The first kappa shape index (κ1) is 21.2. The minimum atomic E-state index is 0.246. The highest BCUT2D eigenvalue weighted by molar-refractivity contribution is 5.80. The van der Waals surface area contributed by atoms with Crippen molar-refractivity contribution >= 4 is 5.96 Å². The van der Waals surface area contributed by atoms with Crippen molar-refractivity contribution < 1.29 is 4.74 Å². The summed E-state index contributed by atoms with van der Waals surface area (Å²) in [6.07, 6.45) is 4.88. The monoisotopic (exact) mass is 397 g/mol. The van der Waals surface area contributed by atoms with Gasteiger partial charge in [0.25, 0.3) is 0 Å². The van der Waals surface area contributed by atoms with E-state index in [1.807, 2.05) is 17.8 Å². The van der Waals surface area contributed by atoms with E-state index in [4.69, 9.17) is 9.73 Å². The zero-order valence-corrected chi connectivity index (χ0v) is 18.5. The summed E-state index contributed by atoms with van der Waals surface area (Å²) in [5.74, 6) is 1.80. The largest absolute Gasteiger partial charge is 0.490 e. The molecule has 0 spiro atoms. The van der Waals surface area contributed by atoms with Gasteiger partial charge in [0, 0.05) is 30.9 Å². The molecule has 2 aromatic rings. The third-order valence-corrected chi connectivity index (χ3v) is 5.62. The van der Waals surface area contributed by atoms with E-state index in [9.17, 15) is 0 Å². The topological polar surface area (TPSA) is 63.5 Å². The normalized spacial score (nSPS) is 15.7. The number of nitrogens with one attached hydrogen (secondary N) is 2.